The Morgan fingerprint density at radius 3 is 2.65 bits per heavy atom. The van der Waals surface area contributed by atoms with Gasteiger partial charge in [0.15, 0.2) is 0 Å². The highest BCUT2D eigenvalue weighted by Gasteiger charge is 2.36. The van der Waals surface area contributed by atoms with Gasteiger partial charge in [0, 0.05) is 26.3 Å². The van der Waals surface area contributed by atoms with Crippen molar-refractivity contribution in [2.75, 3.05) is 25.5 Å². The Hall–Kier alpha value is -1.14. The number of hydrogen-bond acceptors (Lipinski definition) is 4. The Bertz CT molecular complexity index is 542. The summed E-state index contributed by atoms with van der Waals surface area (Å²) in [4.78, 5) is 4.42. The molecule has 0 aromatic carbocycles. The van der Waals surface area contributed by atoms with Gasteiger partial charge in [0.05, 0.1) is 0 Å². The third-order valence-corrected chi connectivity index (χ3v) is 5.58. The van der Waals surface area contributed by atoms with Gasteiger partial charge in [0.1, 0.15) is 10.7 Å². The van der Waals surface area contributed by atoms with Crippen LogP contribution < -0.4 is 5.32 Å². The summed E-state index contributed by atoms with van der Waals surface area (Å²) in [5.74, 6) is 1.86. The second-order valence-corrected chi connectivity index (χ2v) is 7.61. The minimum Gasteiger partial charge on any atom is -0.370 e. The third-order valence-electron chi connectivity index (χ3n) is 3.77. The fraction of sp³-hybridized carbons (Fsp3) is 0.643. The summed E-state index contributed by atoms with van der Waals surface area (Å²) < 4.78 is 26.2. The molecule has 1 aliphatic carbocycles. The average molecular weight is 297 g/mol. The molecule has 1 heterocycles. The molecular formula is C14H23N3O2S. The Kier molecular flexibility index (Phi) is 4.65. The van der Waals surface area contributed by atoms with Crippen molar-refractivity contribution < 1.29 is 8.42 Å². The van der Waals surface area contributed by atoms with Crippen LogP contribution in [0.25, 0.3) is 0 Å². The largest absolute Gasteiger partial charge is 0.370 e. The first-order valence-corrected chi connectivity index (χ1v) is 8.55. The highest BCUT2D eigenvalue weighted by molar-refractivity contribution is 7.89. The molecule has 1 aliphatic rings. The van der Waals surface area contributed by atoms with E-state index >= 15 is 0 Å². The molecule has 2 rings (SSSR count). The molecule has 1 N–H and O–H groups in total. The summed E-state index contributed by atoms with van der Waals surface area (Å²) >= 11 is 0. The van der Waals surface area contributed by atoms with E-state index in [2.05, 4.69) is 24.1 Å². The number of rotatable bonds is 7. The lowest BCUT2D eigenvalue weighted by Crippen LogP contribution is -2.29. The molecule has 20 heavy (non-hydrogen) atoms. The summed E-state index contributed by atoms with van der Waals surface area (Å²) in [5, 5.41) is 3.13. The van der Waals surface area contributed by atoms with Crippen molar-refractivity contribution in [1.82, 2.24) is 9.29 Å². The maximum Gasteiger partial charge on any atom is 0.244 e. The number of hydrogen-bond donors (Lipinski definition) is 1. The second-order valence-electron chi connectivity index (χ2n) is 5.56. The van der Waals surface area contributed by atoms with Crippen LogP contribution in [0.15, 0.2) is 23.2 Å². The summed E-state index contributed by atoms with van der Waals surface area (Å²) in [6.07, 6.45) is 3.56. The standard InChI is InChI=1S/C14H23N3O2S/c1-4-7-15-14-6-5-13(9-16-14)20(18,19)17(3)10-12-8-11(12)2/h5-6,9,11-12H,4,7-8,10H2,1-3H3,(H,15,16). The molecule has 2 unspecified atom stereocenters. The number of pyridine rings is 1. The normalized spacial score (nSPS) is 22.0. The Morgan fingerprint density at radius 1 is 1.45 bits per heavy atom. The molecular weight excluding hydrogens is 274 g/mol. The van der Waals surface area contributed by atoms with Crippen LogP contribution in [0.4, 0.5) is 5.82 Å². The molecule has 0 bridgehead atoms. The van der Waals surface area contributed by atoms with Crippen molar-refractivity contribution in [2.24, 2.45) is 11.8 Å². The number of anilines is 1. The van der Waals surface area contributed by atoms with E-state index in [4.69, 9.17) is 0 Å². The molecule has 0 radical (unpaired) electrons. The summed E-state index contributed by atoms with van der Waals surface area (Å²) in [6.45, 7) is 5.65. The number of aromatic nitrogens is 1. The van der Waals surface area contributed by atoms with Gasteiger partial charge in [-0.3, -0.25) is 0 Å². The molecule has 0 aliphatic heterocycles. The van der Waals surface area contributed by atoms with Crippen LogP contribution in [-0.4, -0.2) is 37.8 Å². The van der Waals surface area contributed by atoms with Crippen LogP contribution in [0.1, 0.15) is 26.7 Å². The first-order chi connectivity index (χ1) is 9.45. The topological polar surface area (TPSA) is 62.3 Å². The van der Waals surface area contributed by atoms with Gasteiger partial charge in [0.25, 0.3) is 0 Å². The Morgan fingerprint density at radius 2 is 2.15 bits per heavy atom. The summed E-state index contributed by atoms with van der Waals surface area (Å²) in [6, 6.07) is 3.34. The fourth-order valence-electron chi connectivity index (χ4n) is 2.15. The van der Waals surface area contributed by atoms with Gasteiger partial charge in [0.2, 0.25) is 10.0 Å². The molecule has 1 saturated carbocycles. The zero-order chi connectivity index (χ0) is 14.8. The average Bonchev–Trinajstić information content (AvgIpc) is 3.12. The van der Waals surface area contributed by atoms with Gasteiger partial charge in [-0.15, -0.1) is 0 Å². The molecule has 112 valence electrons. The van der Waals surface area contributed by atoms with E-state index in [1.807, 2.05) is 0 Å². The van der Waals surface area contributed by atoms with Crippen LogP contribution in [0, 0.1) is 11.8 Å². The lowest BCUT2D eigenvalue weighted by molar-refractivity contribution is 0.444. The second kappa shape index (κ2) is 6.10. The smallest absolute Gasteiger partial charge is 0.244 e. The van der Waals surface area contributed by atoms with Gasteiger partial charge in [-0.1, -0.05) is 13.8 Å². The summed E-state index contributed by atoms with van der Waals surface area (Å²) in [7, 11) is -1.77. The molecule has 0 amide bonds. The minimum atomic E-state index is -3.41. The van der Waals surface area contributed by atoms with E-state index in [-0.39, 0.29) is 4.90 Å². The van der Waals surface area contributed by atoms with Crippen molar-refractivity contribution in [3.63, 3.8) is 0 Å². The SMILES string of the molecule is CCCNc1ccc(S(=O)(=O)N(C)CC2CC2C)cn1. The predicted molar refractivity (Wildman–Crippen MR) is 80.1 cm³/mol. The van der Waals surface area contributed by atoms with Crippen molar-refractivity contribution in [3.05, 3.63) is 18.3 Å². The number of nitrogens with one attached hydrogen (secondary N) is 1. The zero-order valence-corrected chi connectivity index (χ0v) is 13.2. The predicted octanol–water partition coefficient (Wildman–Crippen LogP) is 2.18. The van der Waals surface area contributed by atoms with Gasteiger partial charge >= 0.3 is 0 Å². The van der Waals surface area contributed by atoms with Crippen LogP contribution in [-0.2, 0) is 10.0 Å². The Labute approximate surface area is 121 Å². The maximum absolute atomic E-state index is 12.4. The lowest BCUT2D eigenvalue weighted by atomic mass is 10.3. The van der Waals surface area contributed by atoms with Gasteiger partial charge in [-0.25, -0.2) is 17.7 Å². The lowest BCUT2D eigenvalue weighted by Gasteiger charge is -2.17. The van der Waals surface area contributed by atoms with E-state index in [9.17, 15) is 8.42 Å². The molecule has 1 aromatic heterocycles. The highest BCUT2D eigenvalue weighted by Crippen LogP contribution is 2.38. The molecule has 5 nitrogen and oxygen atoms in total. The number of nitrogens with zero attached hydrogens (tertiary/aromatic N) is 2. The van der Waals surface area contributed by atoms with E-state index < -0.39 is 10.0 Å². The van der Waals surface area contributed by atoms with Crippen LogP contribution in [0.3, 0.4) is 0 Å². The van der Waals surface area contributed by atoms with Crippen LogP contribution >= 0.6 is 0 Å². The molecule has 1 fully saturated rings. The molecule has 0 spiro atoms. The monoisotopic (exact) mass is 297 g/mol. The zero-order valence-electron chi connectivity index (χ0n) is 12.3. The first kappa shape index (κ1) is 15.3. The van der Waals surface area contributed by atoms with E-state index in [0.29, 0.717) is 24.2 Å². The summed E-state index contributed by atoms with van der Waals surface area (Å²) in [5.41, 5.74) is 0. The van der Waals surface area contributed by atoms with Crippen LogP contribution in [0.5, 0.6) is 0 Å². The molecule has 6 heteroatoms. The van der Waals surface area contributed by atoms with Gasteiger partial charge in [-0.05, 0) is 36.8 Å². The third kappa shape index (κ3) is 3.49. The molecule has 1 aromatic rings. The van der Waals surface area contributed by atoms with E-state index in [1.54, 1.807) is 19.2 Å². The quantitative estimate of drug-likeness (QED) is 0.838. The molecule has 0 saturated heterocycles. The highest BCUT2D eigenvalue weighted by atomic mass is 32.2. The Balaban J connectivity index is 2.04. The van der Waals surface area contributed by atoms with Gasteiger partial charge < -0.3 is 5.32 Å². The maximum atomic E-state index is 12.4. The van der Waals surface area contributed by atoms with Crippen molar-refractivity contribution in [2.45, 2.75) is 31.6 Å². The van der Waals surface area contributed by atoms with E-state index in [0.717, 1.165) is 19.4 Å². The van der Waals surface area contributed by atoms with Crippen molar-refractivity contribution in [3.8, 4) is 0 Å². The number of sulfonamides is 1. The fourth-order valence-corrected chi connectivity index (χ4v) is 3.33. The minimum absolute atomic E-state index is 0.260. The van der Waals surface area contributed by atoms with Crippen LogP contribution in [0.2, 0.25) is 0 Å². The first-order valence-electron chi connectivity index (χ1n) is 7.11. The van der Waals surface area contributed by atoms with Gasteiger partial charge in [-0.2, -0.15) is 0 Å². The molecule has 2 atom stereocenters. The van der Waals surface area contributed by atoms with Crippen molar-refractivity contribution >= 4 is 15.8 Å². The van der Waals surface area contributed by atoms with E-state index in [1.165, 1.54) is 10.5 Å². The van der Waals surface area contributed by atoms with Crippen molar-refractivity contribution in [1.29, 1.82) is 0 Å².